The van der Waals surface area contributed by atoms with Gasteiger partial charge in [-0.15, -0.1) is 0 Å². The molecule has 0 atom stereocenters. The highest BCUT2D eigenvalue weighted by Crippen LogP contribution is 2.23. The number of phenols is 1. The summed E-state index contributed by atoms with van der Waals surface area (Å²) in [5.74, 6) is -0.229. The minimum atomic E-state index is -0.313. The van der Waals surface area contributed by atoms with E-state index in [-0.39, 0.29) is 16.6 Å². The molecule has 0 aliphatic rings. The SMILES string of the molecule is Cc1cccc(NC(=O)c2cccc(O)c2C)c1C(N)=S. The molecule has 0 saturated carbocycles. The quantitative estimate of drug-likeness (QED) is 0.762. The Hall–Kier alpha value is -2.40. The van der Waals surface area contributed by atoms with Crippen LogP contribution in [0, 0.1) is 13.8 Å². The molecule has 5 heteroatoms. The maximum absolute atomic E-state index is 12.4. The number of nitrogens with two attached hydrogens (primary N) is 1. The lowest BCUT2D eigenvalue weighted by atomic mass is 10.0. The number of benzene rings is 2. The number of aromatic hydroxyl groups is 1. The second-order valence-corrected chi connectivity index (χ2v) is 5.21. The topological polar surface area (TPSA) is 75.3 Å². The summed E-state index contributed by atoms with van der Waals surface area (Å²) in [6.45, 7) is 3.57. The van der Waals surface area contributed by atoms with Crippen molar-refractivity contribution in [2.24, 2.45) is 5.73 Å². The van der Waals surface area contributed by atoms with Crippen molar-refractivity contribution in [1.29, 1.82) is 0 Å². The van der Waals surface area contributed by atoms with Crippen LogP contribution >= 0.6 is 12.2 Å². The first-order valence-corrected chi connectivity index (χ1v) is 6.82. The highest BCUT2D eigenvalue weighted by atomic mass is 32.1. The fraction of sp³-hybridized carbons (Fsp3) is 0.125. The predicted molar refractivity (Wildman–Crippen MR) is 87.9 cm³/mol. The molecule has 2 rings (SSSR count). The van der Waals surface area contributed by atoms with Crippen LogP contribution in [-0.4, -0.2) is 16.0 Å². The van der Waals surface area contributed by atoms with E-state index in [9.17, 15) is 9.90 Å². The number of aryl methyl sites for hydroxylation is 1. The minimum Gasteiger partial charge on any atom is -0.508 e. The number of nitrogens with one attached hydrogen (secondary N) is 1. The lowest BCUT2D eigenvalue weighted by molar-refractivity contribution is 0.102. The molecule has 2 aromatic rings. The molecule has 0 saturated heterocycles. The van der Waals surface area contributed by atoms with Crippen LogP contribution in [0.5, 0.6) is 5.75 Å². The van der Waals surface area contributed by atoms with Gasteiger partial charge in [-0.2, -0.15) is 0 Å². The number of hydrogen-bond donors (Lipinski definition) is 3. The van der Waals surface area contributed by atoms with Crippen molar-refractivity contribution in [3.8, 4) is 5.75 Å². The van der Waals surface area contributed by atoms with Crippen LogP contribution in [0.15, 0.2) is 36.4 Å². The van der Waals surface area contributed by atoms with E-state index in [0.717, 1.165) is 5.56 Å². The summed E-state index contributed by atoms with van der Waals surface area (Å²) in [6.07, 6.45) is 0. The third-order valence-electron chi connectivity index (χ3n) is 3.32. The second-order valence-electron chi connectivity index (χ2n) is 4.77. The number of rotatable bonds is 3. The Bertz CT molecular complexity index is 726. The molecular formula is C16H16N2O2S. The van der Waals surface area contributed by atoms with Crippen LogP contribution in [0.3, 0.4) is 0 Å². The largest absolute Gasteiger partial charge is 0.508 e. The molecule has 0 aliphatic heterocycles. The van der Waals surface area contributed by atoms with Crippen LogP contribution in [0.2, 0.25) is 0 Å². The molecule has 108 valence electrons. The van der Waals surface area contributed by atoms with Gasteiger partial charge in [-0.3, -0.25) is 4.79 Å². The minimum absolute atomic E-state index is 0.0847. The Balaban J connectivity index is 2.39. The second kappa shape index (κ2) is 5.93. The molecule has 0 spiro atoms. The first-order chi connectivity index (χ1) is 9.91. The van der Waals surface area contributed by atoms with Crippen LogP contribution in [-0.2, 0) is 0 Å². The average molecular weight is 300 g/mol. The van der Waals surface area contributed by atoms with Crippen molar-refractivity contribution >= 4 is 28.8 Å². The lowest BCUT2D eigenvalue weighted by Crippen LogP contribution is -2.19. The molecule has 4 N–H and O–H groups in total. The van der Waals surface area contributed by atoms with Crippen LogP contribution < -0.4 is 11.1 Å². The van der Waals surface area contributed by atoms with Gasteiger partial charge in [0.2, 0.25) is 0 Å². The molecule has 0 radical (unpaired) electrons. The van der Waals surface area contributed by atoms with Gasteiger partial charge < -0.3 is 16.2 Å². The number of carbonyl (C=O) groups excluding carboxylic acids is 1. The van der Waals surface area contributed by atoms with E-state index in [1.165, 1.54) is 0 Å². The zero-order chi connectivity index (χ0) is 15.6. The van der Waals surface area contributed by atoms with Crippen molar-refractivity contribution < 1.29 is 9.90 Å². The predicted octanol–water partition coefficient (Wildman–Crippen LogP) is 2.90. The summed E-state index contributed by atoms with van der Waals surface area (Å²) in [6, 6.07) is 10.3. The number of hydrogen-bond acceptors (Lipinski definition) is 3. The van der Waals surface area contributed by atoms with Crippen molar-refractivity contribution in [2.75, 3.05) is 5.32 Å². The zero-order valence-corrected chi connectivity index (χ0v) is 12.6. The number of thiocarbonyl (C=S) groups is 1. The fourth-order valence-corrected chi connectivity index (χ4v) is 2.43. The van der Waals surface area contributed by atoms with E-state index in [0.29, 0.717) is 22.4 Å². The molecule has 4 nitrogen and oxygen atoms in total. The molecule has 0 unspecified atom stereocenters. The fourth-order valence-electron chi connectivity index (χ4n) is 2.16. The van der Waals surface area contributed by atoms with E-state index < -0.39 is 0 Å². The van der Waals surface area contributed by atoms with Crippen molar-refractivity contribution in [3.63, 3.8) is 0 Å². The van der Waals surface area contributed by atoms with Gasteiger partial charge in [0.25, 0.3) is 5.91 Å². The summed E-state index contributed by atoms with van der Waals surface area (Å²) in [5, 5.41) is 12.5. The maximum atomic E-state index is 12.4. The number of anilines is 1. The normalized spacial score (nSPS) is 10.2. The van der Waals surface area contributed by atoms with Gasteiger partial charge in [0, 0.05) is 16.7 Å². The van der Waals surface area contributed by atoms with Crippen LogP contribution in [0.4, 0.5) is 5.69 Å². The summed E-state index contributed by atoms with van der Waals surface area (Å²) in [4.78, 5) is 12.6. The smallest absolute Gasteiger partial charge is 0.256 e. The molecule has 0 aliphatic carbocycles. The van der Waals surface area contributed by atoms with Crippen LogP contribution in [0.25, 0.3) is 0 Å². The third kappa shape index (κ3) is 3.03. The Kier molecular flexibility index (Phi) is 4.23. The molecular weight excluding hydrogens is 284 g/mol. The average Bonchev–Trinajstić information content (AvgIpc) is 2.41. The van der Waals surface area contributed by atoms with Crippen molar-refractivity contribution in [3.05, 3.63) is 58.7 Å². The van der Waals surface area contributed by atoms with Gasteiger partial charge in [-0.25, -0.2) is 0 Å². The summed E-state index contributed by atoms with van der Waals surface area (Å²) < 4.78 is 0. The third-order valence-corrected chi connectivity index (χ3v) is 3.52. The van der Waals surface area contributed by atoms with Gasteiger partial charge in [0.05, 0.1) is 5.69 Å². The molecule has 0 bridgehead atoms. The Morgan fingerprint density at radius 2 is 1.86 bits per heavy atom. The first-order valence-electron chi connectivity index (χ1n) is 6.41. The van der Waals surface area contributed by atoms with E-state index in [2.05, 4.69) is 5.32 Å². The zero-order valence-electron chi connectivity index (χ0n) is 11.8. The number of phenolic OH excluding ortho intramolecular Hbond substituents is 1. The van der Waals surface area contributed by atoms with Gasteiger partial charge in [-0.1, -0.05) is 30.4 Å². The molecule has 1 amide bonds. The van der Waals surface area contributed by atoms with E-state index in [1.54, 1.807) is 31.2 Å². The molecule has 2 aromatic carbocycles. The summed E-state index contributed by atoms with van der Waals surface area (Å²) >= 11 is 5.04. The highest BCUT2D eigenvalue weighted by Gasteiger charge is 2.15. The molecule has 0 heterocycles. The molecule has 0 aromatic heterocycles. The van der Waals surface area contributed by atoms with Gasteiger partial charge in [0.1, 0.15) is 10.7 Å². The van der Waals surface area contributed by atoms with Gasteiger partial charge in [0.15, 0.2) is 0 Å². The van der Waals surface area contributed by atoms with E-state index in [4.69, 9.17) is 18.0 Å². The summed E-state index contributed by atoms with van der Waals surface area (Å²) in [5.41, 5.74) is 8.77. The summed E-state index contributed by atoms with van der Waals surface area (Å²) in [7, 11) is 0. The van der Waals surface area contributed by atoms with Crippen molar-refractivity contribution in [1.82, 2.24) is 0 Å². The highest BCUT2D eigenvalue weighted by molar-refractivity contribution is 7.80. The standard InChI is InChI=1S/C16H16N2O2S/c1-9-5-3-7-12(14(9)15(17)21)18-16(20)11-6-4-8-13(19)10(11)2/h3-8,19H,1-2H3,(H2,17,21)(H,18,20). The lowest BCUT2D eigenvalue weighted by Gasteiger charge is -2.13. The Labute approximate surface area is 128 Å². The number of carbonyl (C=O) groups is 1. The molecule has 0 fully saturated rings. The van der Waals surface area contributed by atoms with Crippen LogP contribution in [0.1, 0.15) is 27.0 Å². The van der Waals surface area contributed by atoms with E-state index >= 15 is 0 Å². The molecule has 21 heavy (non-hydrogen) atoms. The number of amides is 1. The van der Waals surface area contributed by atoms with Gasteiger partial charge >= 0.3 is 0 Å². The Morgan fingerprint density at radius 3 is 2.52 bits per heavy atom. The first kappa shape index (κ1) is 15.0. The monoisotopic (exact) mass is 300 g/mol. The maximum Gasteiger partial charge on any atom is 0.256 e. The van der Waals surface area contributed by atoms with Crippen molar-refractivity contribution in [2.45, 2.75) is 13.8 Å². The Morgan fingerprint density at radius 1 is 1.19 bits per heavy atom. The van der Waals surface area contributed by atoms with Gasteiger partial charge in [-0.05, 0) is 37.6 Å². The van der Waals surface area contributed by atoms with E-state index in [1.807, 2.05) is 19.1 Å².